The van der Waals surface area contributed by atoms with Gasteiger partial charge in [-0.25, -0.2) is 0 Å². The van der Waals surface area contributed by atoms with Crippen LogP contribution in [0.2, 0.25) is 0 Å². The number of methoxy groups -OCH3 is 1. The van der Waals surface area contributed by atoms with Crippen molar-refractivity contribution in [2.45, 2.75) is 51.5 Å². The van der Waals surface area contributed by atoms with Crippen LogP contribution >= 0.6 is 0 Å². The van der Waals surface area contributed by atoms with Crippen LogP contribution in [0.1, 0.15) is 45.4 Å². The van der Waals surface area contributed by atoms with E-state index >= 15 is 0 Å². The summed E-state index contributed by atoms with van der Waals surface area (Å²) < 4.78 is 4.72. The Morgan fingerprint density at radius 2 is 2.06 bits per heavy atom. The van der Waals surface area contributed by atoms with Gasteiger partial charge in [-0.15, -0.1) is 6.42 Å². The first kappa shape index (κ1) is 15.0. The van der Waals surface area contributed by atoms with Crippen LogP contribution in [0.3, 0.4) is 0 Å². The van der Waals surface area contributed by atoms with Crippen LogP contribution in [0.4, 0.5) is 0 Å². The van der Waals surface area contributed by atoms with E-state index in [1.807, 2.05) is 0 Å². The van der Waals surface area contributed by atoms with Gasteiger partial charge in [-0.2, -0.15) is 0 Å². The molecule has 3 nitrogen and oxygen atoms in total. The van der Waals surface area contributed by atoms with Gasteiger partial charge in [-0.3, -0.25) is 10.1 Å². The third-order valence-electron chi connectivity index (χ3n) is 2.53. The van der Waals surface area contributed by atoms with Crippen LogP contribution < -0.4 is 5.32 Å². The molecule has 0 spiro atoms. The highest BCUT2D eigenvalue weighted by Crippen LogP contribution is 2.08. The third kappa shape index (κ3) is 7.30. The molecule has 0 aromatic carbocycles. The van der Waals surface area contributed by atoms with E-state index in [0.29, 0.717) is 6.54 Å². The molecule has 0 rings (SSSR count). The molecule has 0 aromatic rings. The van der Waals surface area contributed by atoms with Crippen molar-refractivity contribution >= 4 is 5.97 Å². The predicted octanol–water partition coefficient (Wildman–Crippen LogP) is 2.11. The standard InChI is InChI=1S/C13H23NO2/c1-4-6-7-8-9-10-12(13(15)16-3)14-11-5-2/h2,12,14H,4,6-11H2,1,3H3. The topological polar surface area (TPSA) is 38.3 Å². The maximum absolute atomic E-state index is 11.4. The molecule has 0 aromatic heterocycles. The van der Waals surface area contributed by atoms with Crippen molar-refractivity contribution in [3.8, 4) is 12.3 Å². The van der Waals surface area contributed by atoms with E-state index in [1.54, 1.807) is 0 Å². The molecule has 0 amide bonds. The summed E-state index contributed by atoms with van der Waals surface area (Å²) in [7, 11) is 1.41. The Kier molecular flexibility index (Phi) is 9.84. The van der Waals surface area contributed by atoms with E-state index in [0.717, 1.165) is 12.8 Å². The van der Waals surface area contributed by atoms with E-state index in [9.17, 15) is 4.79 Å². The molecule has 0 aliphatic heterocycles. The Labute approximate surface area is 98.9 Å². The SMILES string of the molecule is C#CCNC(CCCCCCC)C(=O)OC. The van der Waals surface area contributed by atoms with Crippen molar-refractivity contribution in [3.63, 3.8) is 0 Å². The lowest BCUT2D eigenvalue weighted by Gasteiger charge is -2.14. The van der Waals surface area contributed by atoms with Crippen molar-refractivity contribution < 1.29 is 9.53 Å². The number of hydrogen-bond donors (Lipinski definition) is 1. The molecule has 16 heavy (non-hydrogen) atoms. The second-order valence-electron chi connectivity index (χ2n) is 3.86. The molecule has 1 atom stereocenters. The largest absolute Gasteiger partial charge is 0.468 e. The number of terminal acetylenes is 1. The average Bonchev–Trinajstić information content (AvgIpc) is 2.31. The van der Waals surface area contributed by atoms with E-state index in [1.165, 1.54) is 32.8 Å². The highest BCUT2D eigenvalue weighted by Gasteiger charge is 2.16. The Morgan fingerprint density at radius 3 is 2.62 bits per heavy atom. The van der Waals surface area contributed by atoms with Gasteiger partial charge in [0.2, 0.25) is 0 Å². The Morgan fingerprint density at radius 1 is 1.38 bits per heavy atom. The first-order chi connectivity index (χ1) is 7.76. The van der Waals surface area contributed by atoms with Gasteiger partial charge in [0.15, 0.2) is 0 Å². The summed E-state index contributed by atoms with van der Waals surface area (Å²) in [5, 5.41) is 3.00. The van der Waals surface area contributed by atoms with Gasteiger partial charge < -0.3 is 4.74 Å². The zero-order valence-corrected chi connectivity index (χ0v) is 10.4. The summed E-state index contributed by atoms with van der Waals surface area (Å²) in [4.78, 5) is 11.4. The molecule has 0 saturated heterocycles. The number of unbranched alkanes of at least 4 members (excludes halogenated alkanes) is 4. The normalized spacial score (nSPS) is 11.8. The molecular formula is C13H23NO2. The minimum absolute atomic E-state index is 0.217. The first-order valence-electron chi connectivity index (χ1n) is 6.00. The molecule has 1 unspecified atom stereocenters. The van der Waals surface area contributed by atoms with Crippen molar-refractivity contribution in [1.29, 1.82) is 0 Å². The van der Waals surface area contributed by atoms with Crippen LogP contribution in [-0.2, 0) is 9.53 Å². The fraction of sp³-hybridized carbons (Fsp3) is 0.769. The number of carbonyl (C=O) groups is 1. The summed E-state index contributed by atoms with van der Waals surface area (Å²) in [5.74, 6) is 2.25. The monoisotopic (exact) mass is 225 g/mol. The molecule has 0 heterocycles. The predicted molar refractivity (Wildman–Crippen MR) is 66.0 cm³/mol. The smallest absolute Gasteiger partial charge is 0.322 e. The van der Waals surface area contributed by atoms with Gasteiger partial charge in [0, 0.05) is 0 Å². The Bertz CT molecular complexity index is 220. The number of rotatable bonds is 9. The lowest BCUT2D eigenvalue weighted by Crippen LogP contribution is -2.37. The minimum atomic E-state index is -0.248. The van der Waals surface area contributed by atoms with E-state index in [-0.39, 0.29) is 12.0 Å². The fourth-order valence-electron chi connectivity index (χ4n) is 1.58. The van der Waals surface area contributed by atoms with Gasteiger partial charge in [-0.05, 0) is 6.42 Å². The zero-order chi connectivity index (χ0) is 12.2. The van der Waals surface area contributed by atoms with Crippen LogP contribution in [-0.4, -0.2) is 25.7 Å². The second kappa shape index (κ2) is 10.5. The van der Waals surface area contributed by atoms with Crippen molar-refractivity contribution in [2.24, 2.45) is 0 Å². The zero-order valence-electron chi connectivity index (χ0n) is 10.4. The maximum Gasteiger partial charge on any atom is 0.322 e. The summed E-state index contributed by atoms with van der Waals surface area (Å²) >= 11 is 0. The summed E-state index contributed by atoms with van der Waals surface area (Å²) in [6.45, 7) is 2.60. The molecule has 0 bridgehead atoms. The molecule has 0 aliphatic carbocycles. The van der Waals surface area contributed by atoms with Crippen molar-refractivity contribution in [1.82, 2.24) is 5.32 Å². The van der Waals surface area contributed by atoms with E-state index in [4.69, 9.17) is 11.2 Å². The highest BCUT2D eigenvalue weighted by atomic mass is 16.5. The summed E-state index contributed by atoms with van der Waals surface area (Å²) in [6, 6.07) is -0.248. The molecule has 0 fully saturated rings. The van der Waals surface area contributed by atoms with Crippen LogP contribution in [0, 0.1) is 12.3 Å². The van der Waals surface area contributed by atoms with Gasteiger partial charge in [0.25, 0.3) is 0 Å². The summed E-state index contributed by atoms with van der Waals surface area (Å²) in [6.07, 6.45) is 11.9. The third-order valence-corrected chi connectivity index (χ3v) is 2.53. The fourth-order valence-corrected chi connectivity index (χ4v) is 1.58. The Balaban J connectivity index is 3.75. The molecule has 1 N–H and O–H groups in total. The average molecular weight is 225 g/mol. The van der Waals surface area contributed by atoms with Gasteiger partial charge in [-0.1, -0.05) is 44.9 Å². The molecular weight excluding hydrogens is 202 g/mol. The molecule has 0 radical (unpaired) electrons. The van der Waals surface area contributed by atoms with Crippen LogP contribution in [0.25, 0.3) is 0 Å². The van der Waals surface area contributed by atoms with Crippen LogP contribution in [0.15, 0.2) is 0 Å². The molecule has 3 heteroatoms. The van der Waals surface area contributed by atoms with Crippen molar-refractivity contribution in [3.05, 3.63) is 0 Å². The second-order valence-corrected chi connectivity index (χ2v) is 3.86. The summed E-state index contributed by atoms with van der Waals surface area (Å²) in [5.41, 5.74) is 0. The lowest BCUT2D eigenvalue weighted by molar-refractivity contribution is -0.143. The minimum Gasteiger partial charge on any atom is -0.468 e. The van der Waals surface area contributed by atoms with Crippen molar-refractivity contribution in [2.75, 3.05) is 13.7 Å². The molecule has 0 saturated carbocycles. The maximum atomic E-state index is 11.4. The highest BCUT2D eigenvalue weighted by molar-refractivity contribution is 5.75. The quantitative estimate of drug-likeness (QED) is 0.371. The van der Waals surface area contributed by atoms with E-state index < -0.39 is 0 Å². The number of esters is 1. The Hall–Kier alpha value is -1.01. The van der Waals surface area contributed by atoms with Crippen LogP contribution in [0.5, 0.6) is 0 Å². The lowest BCUT2D eigenvalue weighted by atomic mass is 10.1. The molecule has 92 valence electrons. The van der Waals surface area contributed by atoms with Gasteiger partial charge in [0.05, 0.1) is 13.7 Å². The molecule has 0 aliphatic rings. The first-order valence-corrected chi connectivity index (χ1v) is 6.00. The number of nitrogens with one attached hydrogen (secondary N) is 1. The van der Waals surface area contributed by atoms with Gasteiger partial charge >= 0.3 is 5.97 Å². The number of carbonyl (C=O) groups excluding carboxylic acids is 1. The number of ether oxygens (including phenoxy) is 1. The number of hydrogen-bond acceptors (Lipinski definition) is 3. The van der Waals surface area contributed by atoms with Gasteiger partial charge in [0.1, 0.15) is 6.04 Å². The van der Waals surface area contributed by atoms with E-state index in [2.05, 4.69) is 18.2 Å².